The Balaban J connectivity index is 1.81. The lowest BCUT2D eigenvalue weighted by Crippen LogP contribution is -2.60. The largest absolute Gasteiger partial charge is 0.480 e. The zero-order valence-corrected chi connectivity index (χ0v) is 16.4. The van der Waals surface area contributed by atoms with Crippen LogP contribution in [-0.4, -0.2) is 71.3 Å². The number of aliphatic carboxylic acids is 1. The highest BCUT2D eigenvalue weighted by Crippen LogP contribution is 2.65. The van der Waals surface area contributed by atoms with Crippen LogP contribution in [-0.2, 0) is 19.1 Å². The summed E-state index contributed by atoms with van der Waals surface area (Å²) >= 11 is 0. The van der Waals surface area contributed by atoms with Crippen LogP contribution >= 0.6 is 0 Å². The molecule has 0 bridgehead atoms. The zero-order chi connectivity index (χ0) is 20.1. The number of hydrogen-bond acceptors (Lipinski definition) is 5. The summed E-state index contributed by atoms with van der Waals surface area (Å²) in [7, 11) is 0. The topological polar surface area (TPSA) is 116 Å². The third-order valence-corrected chi connectivity index (χ3v) is 6.77. The molecule has 3 fully saturated rings. The van der Waals surface area contributed by atoms with Gasteiger partial charge in [0.05, 0.1) is 19.1 Å². The van der Waals surface area contributed by atoms with Gasteiger partial charge in [0.25, 0.3) is 0 Å². The SMILES string of the molecule is CC(C)(CO)C(NC(=O)[C@H]1CCOC1)C(=O)N1C[C@H]2[C@@H]([C@H]1C(=O)O)C2(C)C. The van der Waals surface area contributed by atoms with Crippen LogP contribution in [0, 0.1) is 28.6 Å². The van der Waals surface area contributed by atoms with E-state index >= 15 is 0 Å². The maximum Gasteiger partial charge on any atom is 0.326 e. The first-order chi connectivity index (χ1) is 12.5. The number of ether oxygens (including phenoxy) is 1. The van der Waals surface area contributed by atoms with E-state index in [0.29, 0.717) is 26.2 Å². The van der Waals surface area contributed by atoms with E-state index in [4.69, 9.17) is 4.74 Å². The summed E-state index contributed by atoms with van der Waals surface area (Å²) in [5, 5.41) is 22.3. The smallest absolute Gasteiger partial charge is 0.326 e. The van der Waals surface area contributed by atoms with Crippen molar-refractivity contribution in [1.82, 2.24) is 10.2 Å². The van der Waals surface area contributed by atoms with Crippen LogP contribution in [0.5, 0.6) is 0 Å². The van der Waals surface area contributed by atoms with Gasteiger partial charge < -0.3 is 25.2 Å². The second-order valence-corrected chi connectivity index (χ2v) is 9.38. The first-order valence-corrected chi connectivity index (χ1v) is 9.54. The third kappa shape index (κ3) is 3.33. The highest BCUT2D eigenvalue weighted by Gasteiger charge is 2.70. The van der Waals surface area contributed by atoms with Crippen LogP contribution in [0.1, 0.15) is 34.1 Å². The summed E-state index contributed by atoms with van der Waals surface area (Å²) in [5.41, 5.74) is -1.01. The van der Waals surface area contributed by atoms with Crippen molar-refractivity contribution in [2.45, 2.75) is 46.2 Å². The molecular formula is C19H30N2O6. The molecule has 1 saturated carbocycles. The van der Waals surface area contributed by atoms with E-state index in [1.165, 1.54) is 4.90 Å². The van der Waals surface area contributed by atoms with Gasteiger partial charge in [0, 0.05) is 24.5 Å². The van der Waals surface area contributed by atoms with Crippen LogP contribution in [0.2, 0.25) is 0 Å². The lowest BCUT2D eigenvalue weighted by atomic mass is 9.83. The lowest BCUT2D eigenvalue weighted by molar-refractivity contribution is -0.153. The van der Waals surface area contributed by atoms with Crippen molar-refractivity contribution in [3.63, 3.8) is 0 Å². The van der Waals surface area contributed by atoms with Crippen LogP contribution < -0.4 is 5.32 Å². The van der Waals surface area contributed by atoms with Crippen molar-refractivity contribution >= 4 is 17.8 Å². The molecule has 8 nitrogen and oxygen atoms in total. The molecule has 1 aliphatic carbocycles. The molecule has 8 heteroatoms. The molecule has 3 aliphatic rings. The molecule has 152 valence electrons. The molecule has 0 aromatic heterocycles. The molecular weight excluding hydrogens is 352 g/mol. The average molecular weight is 382 g/mol. The molecule has 3 N–H and O–H groups in total. The summed E-state index contributed by atoms with van der Waals surface area (Å²) in [6.45, 7) is 8.31. The Bertz CT molecular complexity index is 640. The maximum atomic E-state index is 13.3. The van der Waals surface area contributed by atoms with Crippen LogP contribution in [0.25, 0.3) is 0 Å². The Morgan fingerprint density at radius 1 is 1.33 bits per heavy atom. The number of carboxylic acids is 1. The molecule has 5 atom stereocenters. The van der Waals surface area contributed by atoms with Crippen molar-refractivity contribution < 1.29 is 29.3 Å². The quantitative estimate of drug-likeness (QED) is 0.600. The Kier molecular flexibility index (Phi) is 5.01. The number of amides is 2. The van der Waals surface area contributed by atoms with Crippen LogP contribution in [0.4, 0.5) is 0 Å². The van der Waals surface area contributed by atoms with Gasteiger partial charge in [0.2, 0.25) is 11.8 Å². The molecule has 0 aromatic rings. The highest BCUT2D eigenvalue weighted by atomic mass is 16.5. The Labute approximate surface area is 159 Å². The number of aliphatic hydroxyl groups excluding tert-OH is 1. The van der Waals surface area contributed by atoms with Gasteiger partial charge in [-0.3, -0.25) is 9.59 Å². The van der Waals surface area contributed by atoms with Crippen molar-refractivity contribution in [2.75, 3.05) is 26.4 Å². The lowest BCUT2D eigenvalue weighted by Gasteiger charge is -2.38. The number of aliphatic hydroxyl groups is 1. The highest BCUT2D eigenvalue weighted by molar-refractivity contribution is 5.92. The number of rotatable bonds is 6. The van der Waals surface area contributed by atoms with Gasteiger partial charge in [-0.1, -0.05) is 27.7 Å². The van der Waals surface area contributed by atoms with Crippen LogP contribution in [0.3, 0.4) is 0 Å². The number of carboxylic acid groups (broad SMARTS) is 1. The van der Waals surface area contributed by atoms with E-state index in [0.717, 1.165) is 0 Å². The molecule has 0 aromatic carbocycles. The van der Waals surface area contributed by atoms with E-state index in [-0.39, 0.29) is 35.7 Å². The second-order valence-electron chi connectivity index (χ2n) is 9.38. The number of nitrogens with zero attached hydrogens (tertiary/aromatic N) is 1. The first kappa shape index (κ1) is 20.1. The molecule has 3 rings (SSSR count). The van der Waals surface area contributed by atoms with Gasteiger partial charge in [-0.15, -0.1) is 0 Å². The minimum Gasteiger partial charge on any atom is -0.480 e. The second kappa shape index (κ2) is 6.74. The Hall–Kier alpha value is -1.67. The molecule has 2 saturated heterocycles. The normalized spacial score (nSPS) is 32.7. The number of carbonyl (C=O) groups is 3. The Morgan fingerprint density at radius 3 is 2.52 bits per heavy atom. The van der Waals surface area contributed by atoms with E-state index in [1.807, 2.05) is 13.8 Å². The summed E-state index contributed by atoms with van der Waals surface area (Å²) in [6, 6.07) is -1.88. The van der Waals surface area contributed by atoms with Crippen molar-refractivity contribution in [3.8, 4) is 0 Å². The van der Waals surface area contributed by atoms with E-state index < -0.39 is 29.4 Å². The predicted molar refractivity (Wildman–Crippen MR) is 95.6 cm³/mol. The number of nitrogens with one attached hydrogen (secondary N) is 1. The van der Waals surface area contributed by atoms with Gasteiger partial charge >= 0.3 is 5.97 Å². The summed E-state index contributed by atoms with van der Waals surface area (Å²) < 4.78 is 5.24. The van der Waals surface area contributed by atoms with E-state index in [1.54, 1.807) is 13.8 Å². The first-order valence-electron chi connectivity index (χ1n) is 9.54. The molecule has 27 heavy (non-hydrogen) atoms. The fraction of sp³-hybridized carbons (Fsp3) is 0.842. The molecule has 0 spiro atoms. The van der Waals surface area contributed by atoms with Gasteiger partial charge in [-0.2, -0.15) is 0 Å². The third-order valence-electron chi connectivity index (χ3n) is 6.77. The fourth-order valence-electron chi connectivity index (χ4n) is 4.65. The van der Waals surface area contributed by atoms with Crippen molar-refractivity contribution in [1.29, 1.82) is 0 Å². The molecule has 2 amide bonds. The molecule has 0 radical (unpaired) electrons. The minimum absolute atomic E-state index is 0.0734. The fourth-order valence-corrected chi connectivity index (χ4v) is 4.65. The van der Waals surface area contributed by atoms with E-state index in [2.05, 4.69) is 5.32 Å². The minimum atomic E-state index is -1.02. The average Bonchev–Trinajstić information content (AvgIpc) is 3.08. The van der Waals surface area contributed by atoms with Crippen molar-refractivity contribution in [3.05, 3.63) is 0 Å². The number of fused-ring (bicyclic) bond motifs is 1. The zero-order valence-electron chi connectivity index (χ0n) is 16.4. The Morgan fingerprint density at radius 2 is 2.00 bits per heavy atom. The number of hydrogen-bond donors (Lipinski definition) is 3. The summed E-state index contributed by atoms with van der Waals surface area (Å²) in [5.74, 6) is -1.98. The number of carbonyl (C=O) groups excluding carboxylic acids is 2. The number of likely N-dealkylation sites (tertiary alicyclic amines) is 1. The van der Waals surface area contributed by atoms with Gasteiger partial charge in [0.15, 0.2) is 0 Å². The molecule has 2 aliphatic heterocycles. The van der Waals surface area contributed by atoms with Gasteiger partial charge in [-0.05, 0) is 17.8 Å². The monoisotopic (exact) mass is 382 g/mol. The predicted octanol–water partition coefficient (Wildman–Crippen LogP) is 0.0938. The number of piperidine rings is 1. The van der Waals surface area contributed by atoms with E-state index in [9.17, 15) is 24.6 Å². The molecule has 2 heterocycles. The summed E-state index contributed by atoms with van der Waals surface area (Å²) in [6.07, 6.45) is 0.589. The van der Waals surface area contributed by atoms with Gasteiger partial charge in [0.1, 0.15) is 12.1 Å². The van der Waals surface area contributed by atoms with Crippen LogP contribution in [0.15, 0.2) is 0 Å². The van der Waals surface area contributed by atoms with Crippen molar-refractivity contribution in [2.24, 2.45) is 28.6 Å². The summed E-state index contributed by atoms with van der Waals surface area (Å²) in [4.78, 5) is 39.1. The standard InChI is InChI=1S/C19H30N2O6/c1-18(2,9-22)14(20-15(23)10-5-6-27-8-10)16(24)21-7-11-12(19(11,3)4)13(21)17(25)26/h10-14,22H,5-9H2,1-4H3,(H,20,23)(H,25,26)/t10-,11-,12-,13-,14?/m0/s1. The molecule has 1 unspecified atom stereocenters. The maximum absolute atomic E-state index is 13.3. The van der Waals surface area contributed by atoms with Gasteiger partial charge in [-0.25, -0.2) is 4.79 Å².